The predicted octanol–water partition coefficient (Wildman–Crippen LogP) is 3.93. The number of rotatable bonds is 2. The molecule has 13 heavy (non-hydrogen) atoms. The molecule has 0 N–H and O–H groups in total. The molecule has 0 aromatic carbocycles. The maximum Gasteiger partial charge on any atom is -0.00187 e. The van der Waals surface area contributed by atoms with Crippen LogP contribution in [0.25, 0.3) is 0 Å². The highest BCUT2D eigenvalue weighted by atomic mass is 15.1. The van der Waals surface area contributed by atoms with Crippen molar-refractivity contribution in [1.82, 2.24) is 4.90 Å². The minimum Gasteiger partial charge on any atom is -0.303 e. The molecule has 0 unspecified atom stereocenters. The molecule has 1 nitrogen and oxygen atoms in total. The first-order valence-corrected chi connectivity index (χ1v) is 6.16. The third kappa shape index (κ3) is 9.88. The molecular weight excluding hydrogens is 158 g/mol. The van der Waals surface area contributed by atoms with E-state index in [1.165, 1.54) is 45.3 Å². The quantitative estimate of drug-likeness (QED) is 0.633. The highest BCUT2D eigenvalue weighted by Crippen LogP contribution is 2.07. The molecule has 1 heterocycles. The summed E-state index contributed by atoms with van der Waals surface area (Å²) in [5.74, 6) is 0. The normalized spacial score (nSPS) is 16.4. The molecule has 0 spiro atoms. The zero-order valence-corrected chi connectivity index (χ0v) is 10.4. The second-order valence-corrected chi connectivity index (χ2v) is 2.90. The van der Waals surface area contributed by atoms with E-state index in [0.717, 1.165) is 0 Å². The van der Waals surface area contributed by atoms with E-state index in [1.54, 1.807) is 0 Å². The summed E-state index contributed by atoms with van der Waals surface area (Å²) in [6, 6.07) is 0. The van der Waals surface area contributed by atoms with Gasteiger partial charge in [0.2, 0.25) is 0 Å². The Morgan fingerprint density at radius 2 is 1.31 bits per heavy atom. The maximum atomic E-state index is 2.57. The second-order valence-electron chi connectivity index (χ2n) is 2.90. The summed E-state index contributed by atoms with van der Waals surface area (Å²) in [6.45, 7) is 14.3. The first-order valence-electron chi connectivity index (χ1n) is 6.16. The largest absolute Gasteiger partial charge is 0.303 e. The van der Waals surface area contributed by atoms with Gasteiger partial charge in [0.15, 0.2) is 0 Å². The van der Waals surface area contributed by atoms with Gasteiger partial charge in [-0.05, 0) is 38.9 Å². The van der Waals surface area contributed by atoms with E-state index in [-0.39, 0.29) is 0 Å². The van der Waals surface area contributed by atoms with Gasteiger partial charge in [0.05, 0.1) is 0 Å². The van der Waals surface area contributed by atoms with E-state index in [1.807, 2.05) is 27.7 Å². The molecule has 0 atom stereocenters. The van der Waals surface area contributed by atoms with Crippen LogP contribution < -0.4 is 0 Å². The lowest BCUT2D eigenvalue weighted by Crippen LogP contribution is -2.30. The lowest BCUT2D eigenvalue weighted by atomic mass is 10.1. The van der Waals surface area contributed by atoms with Crippen molar-refractivity contribution in [3.8, 4) is 0 Å². The number of hydrogen-bond acceptors (Lipinski definition) is 1. The standard InChI is InChI=1S/C8H17N.2C2H6/c1-2-6-9-7-4-3-5-8-9;2*1-2/h2-8H2,1H3;2*1-2H3. The average Bonchev–Trinajstić information content (AvgIpc) is 2.26. The van der Waals surface area contributed by atoms with Crippen LogP contribution in [0.15, 0.2) is 0 Å². The predicted molar refractivity (Wildman–Crippen MR) is 63.3 cm³/mol. The summed E-state index contributed by atoms with van der Waals surface area (Å²) < 4.78 is 0. The molecule has 1 rings (SSSR count). The van der Waals surface area contributed by atoms with Gasteiger partial charge < -0.3 is 4.90 Å². The van der Waals surface area contributed by atoms with E-state index in [0.29, 0.717) is 0 Å². The molecule has 0 amide bonds. The Morgan fingerprint density at radius 3 is 1.69 bits per heavy atom. The van der Waals surface area contributed by atoms with Crippen LogP contribution in [0.1, 0.15) is 60.3 Å². The molecule has 1 heteroatoms. The highest BCUT2D eigenvalue weighted by Gasteiger charge is 2.07. The Morgan fingerprint density at radius 1 is 0.846 bits per heavy atom. The third-order valence-electron chi connectivity index (χ3n) is 1.99. The van der Waals surface area contributed by atoms with Gasteiger partial charge in [-0.3, -0.25) is 0 Å². The summed E-state index contributed by atoms with van der Waals surface area (Å²) in [5.41, 5.74) is 0. The molecule has 0 radical (unpaired) electrons. The van der Waals surface area contributed by atoms with E-state index < -0.39 is 0 Å². The molecular formula is C12H29N. The Bertz CT molecular complexity index is 62.8. The first-order chi connectivity index (χ1) is 6.43. The molecule has 0 bridgehead atoms. The second kappa shape index (κ2) is 14.5. The van der Waals surface area contributed by atoms with Crippen LogP contribution in [-0.4, -0.2) is 24.5 Å². The molecule has 1 saturated heterocycles. The lowest BCUT2D eigenvalue weighted by Gasteiger charge is -2.25. The first kappa shape index (κ1) is 15.4. The van der Waals surface area contributed by atoms with Gasteiger partial charge in [-0.2, -0.15) is 0 Å². The smallest absolute Gasteiger partial charge is 0.00187 e. The summed E-state index contributed by atoms with van der Waals surface area (Å²) in [5, 5.41) is 0. The van der Waals surface area contributed by atoms with Crippen molar-refractivity contribution in [2.24, 2.45) is 0 Å². The van der Waals surface area contributed by atoms with Crippen molar-refractivity contribution in [3.63, 3.8) is 0 Å². The van der Waals surface area contributed by atoms with Crippen molar-refractivity contribution in [3.05, 3.63) is 0 Å². The molecule has 0 aliphatic carbocycles. The monoisotopic (exact) mass is 187 g/mol. The summed E-state index contributed by atoms with van der Waals surface area (Å²) in [4.78, 5) is 2.57. The number of nitrogens with zero attached hydrogens (tertiary/aromatic N) is 1. The molecule has 1 aliphatic rings. The van der Waals surface area contributed by atoms with Crippen LogP contribution in [-0.2, 0) is 0 Å². The summed E-state index contributed by atoms with van der Waals surface area (Å²) >= 11 is 0. The fourth-order valence-corrected chi connectivity index (χ4v) is 1.50. The van der Waals surface area contributed by atoms with Crippen molar-refractivity contribution >= 4 is 0 Å². The molecule has 0 saturated carbocycles. The fourth-order valence-electron chi connectivity index (χ4n) is 1.50. The van der Waals surface area contributed by atoms with Gasteiger partial charge >= 0.3 is 0 Å². The zero-order chi connectivity index (χ0) is 10.5. The van der Waals surface area contributed by atoms with Gasteiger partial charge in [-0.1, -0.05) is 41.0 Å². The van der Waals surface area contributed by atoms with Crippen molar-refractivity contribution < 1.29 is 0 Å². The van der Waals surface area contributed by atoms with Crippen molar-refractivity contribution in [2.75, 3.05) is 19.6 Å². The van der Waals surface area contributed by atoms with Gasteiger partial charge in [0.1, 0.15) is 0 Å². The Kier molecular flexibility index (Phi) is 17.2. The molecule has 1 aliphatic heterocycles. The number of hydrogen-bond donors (Lipinski definition) is 0. The number of likely N-dealkylation sites (tertiary alicyclic amines) is 1. The van der Waals surface area contributed by atoms with E-state index >= 15 is 0 Å². The van der Waals surface area contributed by atoms with Gasteiger partial charge in [-0.15, -0.1) is 0 Å². The summed E-state index contributed by atoms with van der Waals surface area (Å²) in [6.07, 6.45) is 5.64. The highest BCUT2D eigenvalue weighted by molar-refractivity contribution is 4.62. The van der Waals surface area contributed by atoms with Gasteiger partial charge in [0.25, 0.3) is 0 Å². The van der Waals surface area contributed by atoms with Gasteiger partial charge in [-0.25, -0.2) is 0 Å². The zero-order valence-electron chi connectivity index (χ0n) is 10.4. The van der Waals surface area contributed by atoms with Crippen molar-refractivity contribution in [1.29, 1.82) is 0 Å². The molecule has 0 aromatic heterocycles. The van der Waals surface area contributed by atoms with Crippen LogP contribution in [0.3, 0.4) is 0 Å². The van der Waals surface area contributed by atoms with E-state index in [9.17, 15) is 0 Å². The molecule has 82 valence electrons. The lowest BCUT2D eigenvalue weighted by molar-refractivity contribution is 0.229. The Hall–Kier alpha value is -0.0400. The molecule has 1 fully saturated rings. The average molecular weight is 187 g/mol. The number of piperidine rings is 1. The van der Waals surface area contributed by atoms with Crippen LogP contribution in [0.2, 0.25) is 0 Å². The third-order valence-corrected chi connectivity index (χ3v) is 1.99. The Labute approximate surface area is 85.5 Å². The molecule has 0 aromatic rings. The van der Waals surface area contributed by atoms with Crippen molar-refractivity contribution in [2.45, 2.75) is 60.3 Å². The van der Waals surface area contributed by atoms with Crippen LogP contribution >= 0.6 is 0 Å². The Balaban J connectivity index is 0. The SMILES string of the molecule is CC.CC.CCCN1CCCCC1. The van der Waals surface area contributed by atoms with Crippen LogP contribution in [0.5, 0.6) is 0 Å². The fraction of sp³-hybridized carbons (Fsp3) is 1.00. The summed E-state index contributed by atoms with van der Waals surface area (Å²) in [7, 11) is 0. The topological polar surface area (TPSA) is 3.24 Å². The van der Waals surface area contributed by atoms with Crippen LogP contribution in [0.4, 0.5) is 0 Å². The maximum absolute atomic E-state index is 2.57. The van der Waals surface area contributed by atoms with E-state index in [4.69, 9.17) is 0 Å². The van der Waals surface area contributed by atoms with Gasteiger partial charge in [0, 0.05) is 0 Å². The van der Waals surface area contributed by atoms with Crippen LogP contribution in [0, 0.1) is 0 Å². The minimum atomic E-state index is 1.32. The minimum absolute atomic E-state index is 1.32. The van der Waals surface area contributed by atoms with E-state index in [2.05, 4.69) is 11.8 Å².